The molecule has 0 aliphatic rings. The summed E-state index contributed by atoms with van der Waals surface area (Å²) in [5, 5.41) is 15.6. The van der Waals surface area contributed by atoms with Gasteiger partial charge in [-0.2, -0.15) is 5.10 Å². The zero-order chi connectivity index (χ0) is 17.0. The molecule has 122 valence electrons. The minimum absolute atomic E-state index is 0.136. The first-order valence-corrected chi connectivity index (χ1v) is 7.10. The zero-order valence-electron chi connectivity index (χ0n) is 13.3. The summed E-state index contributed by atoms with van der Waals surface area (Å²) in [6, 6.07) is 6.55. The van der Waals surface area contributed by atoms with E-state index >= 15 is 0 Å². The average Bonchev–Trinajstić information content (AvgIpc) is 2.73. The fourth-order valence-electron chi connectivity index (χ4n) is 2.22. The SMILES string of the molecule is Cc1nn(C)c(C)c1CC(=O)Nc1ccc(OCC(=O)O)cc1. The lowest BCUT2D eigenvalue weighted by Gasteiger charge is -2.07. The fraction of sp³-hybridized carbons (Fsp3) is 0.312. The number of benzene rings is 1. The van der Waals surface area contributed by atoms with Crippen LogP contribution in [0.4, 0.5) is 5.69 Å². The maximum absolute atomic E-state index is 12.1. The molecule has 1 heterocycles. The average molecular weight is 317 g/mol. The summed E-state index contributed by atoms with van der Waals surface area (Å²) in [6.07, 6.45) is 0.253. The molecule has 0 aliphatic heterocycles. The first kappa shape index (κ1) is 16.5. The Morgan fingerprint density at radius 1 is 1.26 bits per heavy atom. The Labute approximate surface area is 133 Å². The van der Waals surface area contributed by atoms with Crippen LogP contribution in [0.15, 0.2) is 24.3 Å². The van der Waals surface area contributed by atoms with Gasteiger partial charge in [-0.05, 0) is 38.1 Å². The highest BCUT2D eigenvalue weighted by Gasteiger charge is 2.13. The van der Waals surface area contributed by atoms with Gasteiger partial charge < -0.3 is 15.2 Å². The molecular formula is C16H19N3O4. The highest BCUT2D eigenvalue weighted by atomic mass is 16.5. The molecule has 0 atom stereocenters. The van der Waals surface area contributed by atoms with E-state index in [4.69, 9.17) is 9.84 Å². The lowest BCUT2D eigenvalue weighted by atomic mass is 10.1. The van der Waals surface area contributed by atoms with Crippen LogP contribution in [0.2, 0.25) is 0 Å². The van der Waals surface area contributed by atoms with Gasteiger partial charge in [0, 0.05) is 24.0 Å². The van der Waals surface area contributed by atoms with Crippen LogP contribution >= 0.6 is 0 Å². The zero-order valence-corrected chi connectivity index (χ0v) is 13.3. The van der Waals surface area contributed by atoms with Gasteiger partial charge in [-0.15, -0.1) is 0 Å². The van der Waals surface area contributed by atoms with Crippen molar-refractivity contribution >= 4 is 17.6 Å². The van der Waals surface area contributed by atoms with Crippen molar-refractivity contribution < 1.29 is 19.4 Å². The number of carboxylic acid groups (broad SMARTS) is 1. The van der Waals surface area contributed by atoms with Gasteiger partial charge in [-0.25, -0.2) is 4.79 Å². The van der Waals surface area contributed by atoms with Crippen molar-refractivity contribution in [3.63, 3.8) is 0 Å². The van der Waals surface area contributed by atoms with Crippen molar-refractivity contribution in [3.05, 3.63) is 41.2 Å². The molecule has 0 aliphatic carbocycles. The number of aliphatic carboxylic acids is 1. The number of aryl methyl sites for hydroxylation is 2. The third kappa shape index (κ3) is 4.32. The van der Waals surface area contributed by atoms with Gasteiger partial charge in [-0.1, -0.05) is 0 Å². The summed E-state index contributed by atoms with van der Waals surface area (Å²) in [5.74, 6) is -0.739. The molecule has 0 bridgehead atoms. The Bertz CT molecular complexity index is 720. The Morgan fingerprint density at radius 2 is 1.91 bits per heavy atom. The monoisotopic (exact) mass is 317 g/mol. The topological polar surface area (TPSA) is 93.5 Å². The van der Waals surface area contributed by atoms with Crippen LogP contribution < -0.4 is 10.1 Å². The van der Waals surface area contributed by atoms with Crippen LogP contribution in [0.5, 0.6) is 5.75 Å². The van der Waals surface area contributed by atoms with Gasteiger partial charge in [0.05, 0.1) is 12.1 Å². The number of aromatic nitrogens is 2. The Balaban J connectivity index is 1.96. The second-order valence-electron chi connectivity index (χ2n) is 5.20. The largest absolute Gasteiger partial charge is 0.482 e. The summed E-state index contributed by atoms with van der Waals surface area (Å²) in [7, 11) is 1.85. The molecule has 0 saturated heterocycles. The number of carboxylic acids is 1. The van der Waals surface area contributed by atoms with Gasteiger partial charge in [-0.3, -0.25) is 9.48 Å². The third-order valence-electron chi connectivity index (χ3n) is 3.50. The summed E-state index contributed by atoms with van der Waals surface area (Å²) < 4.78 is 6.79. The fourth-order valence-corrected chi connectivity index (χ4v) is 2.22. The summed E-state index contributed by atoms with van der Waals surface area (Å²) in [6.45, 7) is 3.41. The first-order chi connectivity index (χ1) is 10.9. The molecule has 0 unspecified atom stereocenters. The number of hydrogen-bond acceptors (Lipinski definition) is 4. The van der Waals surface area contributed by atoms with Crippen molar-refractivity contribution in [2.45, 2.75) is 20.3 Å². The Morgan fingerprint density at radius 3 is 2.43 bits per heavy atom. The number of carbonyl (C=O) groups is 2. The number of anilines is 1. The maximum Gasteiger partial charge on any atom is 0.341 e. The molecular weight excluding hydrogens is 298 g/mol. The van der Waals surface area contributed by atoms with Crippen molar-refractivity contribution in [3.8, 4) is 5.75 Å². The third-order valence-corrected chi connectivity index (χ3v) is 3.50. The highest BCUT2D eigenvalue weighted by molar-refractivity contribution is 5.92. The Kier molecular flexibility index (Phi) is 5.00. The standard InChI is InChI=1S/C16H19N3O4/c1-10-14(11(2)19(3)18-10)8-15(20)17-12-4-6-13(7-5-12)23-9-16(21)22/h4-7H,8-9H2,1-3H3,(H,17,20)(H,21,22). The second kappa shape index (κ2) is 6.95. The molecule has 7 heteroatoms. The molecule has 7 nitrogen and oxygen atoms in total. The summed E-state index contributed by atoms with van der Waals surface area (Å²) >= 11 is 0. The van der Waals surface area contributed by atoms with Gasteiger partial charge in [0.2, 0.25) is 5.91 Å². The van der Waals surface area contributed by atoms with E-state index in [0.717, 1.165) is 17.0 Å². The molecule has 0 radical (unpaired) electrons. The van der Waals surface area contributed by atoms with Crippen LogP contribution in [-0.2, 0) is 23.1 Å². The number of hydrogen-bond donors (Lipinski definition) is 2. The maximum atomic E-state index is 12.1. The van der Waals surface area contributed by atoms with E-state index in [-0.39, 0.29) is 12.3 Å². The number of nitrogens with one attached hydrogen (secondary N) is 1. The minimum Gasteiger partial charge on any atom is -0.482 e. The van der Waals surface area contributed by atoms with E-state index < -0.39 is 12.6 Å². The lowest BCUT2D eigenvalue weighted by Crippen LogP contribution is -2.15. The van der Waals surface area contributed by atoms with Crippen LogP contribution in [0.1, 0.15) is 17.0 Å². The van der Waals surface area contributed by atoms with Gasteiger partial charge in [0.1, 0.15) is 5.75 Å². The van der Waals surface area contributed by atoms with Gasteiger partial charge in [0.25, 0.3) is 0 Å². The quantitative estimate of drug-likeness (QED) is 0.845. The minimum atomic E-state index is -1.04. The predicted octanol–water partition coefficient (Wildman–Crippen LogP) is 1.68. The van der Waals surface area contributed by atoms with Gasteiger partial charge in [0.15, 0.2) is 6.61 Å². The molecule has 1 aromatic heterocycles. The number of nitrogens with zero attached hydrogens (tertiary/aromatic N) is 2. The smallest absolute Gasteiger partial charge is 0.341 e. The normalized spacial score (nSPS) is 10.4. The molecule has 2 rings (SSSR count). The molecule has 2 aromatic rings. The first-order valence-electron chi connectivity index (χ1n) is 7.10. The van der Waals surface area contributed by atoms with Crippen LogP contribution in [0.25, 0.3) is 0 Å². The number of ether oxygens (including phenoxy) is 1. The van der Waals surface area contributed by atoms with Crippen LogP contribution in [0.3, 0.4) is 0 Å². The second-order valence-corrected chi connectivity index (χ2v) is 5.20. The summed E-state index contributed by atoms with van der Waals surface area (Å²) in [4.78, 5) is 22.6. The van der Waals surface area contributed by atoms with E-state index in [2.05, 4.69) is 10.4 Å². The van der Waals surface area contributed by atoms with E-state index in [9.17, 15) is 9.59 Å². The number of rotatable bonds is 6. The summed E-state index contributed by atoms with van der Waals surface area (Å²) in [5.41, 5.74) is 3.36. The van der Waals surface area contributed by atoms with Gasteiger partial charge >= 0.3 is 5.97 Å². The molecule has 1 amide bonds. The van der Waals surface area contributed by atoms with Crippen LogP contribution in [0, 0.1) is 13.8 Å². The van der Waals surface area contributed by atoms with E-state index in [1.165, 1.54) is 0 Å². The highest BCUT2D eigenvalue weighted by Crippen LogP contribution is 2.17. The van der Waals surface area contributed by atoms with Crippen molar-refractivity contribution in [1.29, 1.82) is 0 Å². The molecule has 0 saturated carbocycles. The molecule has 2 N–H and O–H groups in total. The van der Waals surface area contributed by atoms with Crippen LogP contribution in [-0.4, -0.2) is 33.4 Å². The molecule has 1 aromatic carbocycles. The van der Waals surface area contributed by atoms with Crippen molar-refractivity contribution in [2.75, 3.05) is 11.9 Å². The molecule has 0 fully saturated rings. The van der Waals surface area contributed by atoms with E-state index in [1.54, 1.807) is 28.9 Å². The molecule has 0 spiro atoms. The predicted molar refractivity (Wildman–Crippen MR) is 84.6 cm³/mol. The lowest BCUT2D eigenvalue weighted by molar-refractivity contribution is -0.139. The number of carbonyl (C=O) groups excluding carboxylic acids is 1. The van der Waals surface area contributed by atoms with E-state index in [1.807, 2.05) is 20.9 Å². The molecule has 23 heavy (non-hydrogen) atoms. The number of amides is 1. The van der Waals surface area contributed by atoms with E-state index in [0.29, 0.717) is 11.4 Å². The Hall–Kier alpha value is -2.83. The van der Waals surface area contributed by atoms with Crippen molar-refractivity contribution in [1.82, 2.24) is 9.78 Å². The van der Waals surface area contributed by atoms with Crippen molar-refractivity contribution in [2.24, 2.45) is 7.05 Å².